The minimum absolute atomic E-state index is 0.182. The van der Waals surface area contributed by atoms with E-state index in [1.807, 2.05) is 60.8 Å². The Morgan fingerprint density at radius 3 is 2.81 bits per heavy atom. The predicted molar refractivity (Wildman–Crippen MR) is 101 cm³/mol. The number of urea groups is 1. The summed E-state index contributed by atoms with van der Waals surface area (Å²) in [6.45, 7) is 2.14. The number of ether oxygens (including phenoxy) is 2. The van der Waals surface area contributed by atoms with Crippen molar-refractivity contribution in [2.75, 3.05) is 12.1 Å². The molecule has 2 aromatic carbocycles. The fourth-order valence-electron chi connectivity index (χ4n) is 2.67. The maximum Gasteiger partial charge on any atom is 0.321 e. The van der Waals surface area contributed by atoms with E-state index in [9.17, 15) is 4.79 Å². The molecule has 1 aromatic heterocycles. The summed E-state index contributed by atoms with van der Waals surface area (Å²) in [5.41, 5.74) is 2.80. The van der Waals surface area contributed by atoms with Crippen molar-refractivity contribution in [1.82, 2.24) is 10.3 Å². The molecule has 132 valence electrons. The molecule has 0 spiro atoms. The number of rotatable bonds is 4. The van der Waals surface area contributed by atoms with Gasteiger partial charge in [0.15, 0.2) is 16.6 Å². The molecule has 7 heteroatoms. The van der Waals surface area contributed by atoms with Crippen molar-refractivity contribution in [3.63, 3.8) is 0 Å². The van der Waals surface area contributed by atoms with Crippen molar-refractivity contribution in [3.05, 3.63) is 59.5 Å². The monoisotopic (exact) mass is 367 g/mol. The summed E-state index contributed by atoms with van der Waals surface area (Å²) in [7, 11) is 0. The first-order chi connectivity index (χ1) is 12.7. The van der Waals surface area contributed by atoms with Gasteiger partial charge in [0.25, 0.3) is 0 Å². The Morgan fingerprint density at radius 2 is 1.96 bits per heavy atom. The highest BCUT2D eigenvalue weighted by Gasteiger charge is 2.17. The van der Waals surface area contributed by atoms with Gasteiger partial charge in [-0.1, -0.05) is 36.4 Å². The van der Waals surface area contributed by atoms with Crippen molar-refractivity contribution >= 4 is 22.5 Å². The van der Waals surface area contributed by atoms with Gasteiger partial charge in [-0.15, -0.1) is 11.3 Å². The maximum absolute atomic E-state index is 12.3. The van der Waals surface area contributed by atoms with E-state index >= 15 is 0 Å². The van der Waals surface area contributed by atoms with Crippen LogP contribution in [0.25, 0.3) is 11.3 Å². The molecule has 0 aliphatic carbocycles. The zero-order chi connectivity index (χ0) is 17.9. The van der Waals surface area contributed by atoms with Gasteiger partial charge in [-0.25, -0.2) is 9.78 Å². The fraction of sp³-hybridized carbons (Fsp3) is 0.158. The van der Waals surface area contributed by atoms with Crippen LogP contribution < -0.4 is 20.1 Å². The van der Waals surface area contributed by atoms with Crippen molar-refractivity contribution in [3.8, 4) is 22.8 Å². The number of fused-ring (bicyclic) bond motifs is 1. The van der Waals surface area contributed by atoms with Gasteiger partial charge in [0.2, 0.25) is 6.79 Å². The Balaban J connectivity index is 1.39. The molecule has 0 radical (unpaired) electrons. The molecule has 0 saturated heterocycles. The molecule has 0 unspecified atom stereocenters. The molecule has 0 saturated carbocycles. The van der Waals surface area contributed by atoms with Crippen LogP contribution in [0.3, 0.4) is 0 Å². The SMILES string of the molecule is C[C@H](NC(=O)Nc1nc(-c2ccccc2)cs1)c1ccc2c(c1)OCO2. The summed E-state index contributed by atoms with van der Waals surface area (Å²) in [5.74, 6) is 1.42. The van der Waals surface area contributed by atoms with Crippen LogP contribution in [-0.4, -0.2) is 17.8 Å². The van der Waals surface area contributed by atoms with Crippen LogP contribution in [0.2, 0.25) is 0 Å². The number of carbonyl (C=O) groups excluding carboxylic acids is 1. The zero-order valence-electron chi connectivity index (χ0n) is 14.1. The van der Waals surface area contributed by atoms with Gasteiger partial charge in [0.1, 0.15) is 0 Å². The molecule has 2 heterocycles. The Kier molecular flexibility index (Phi) is 4.45. The summed E-state index contributed by atoms with van der Waals surface area (Å²) in [6, 6.07) is 15.0. The standard InChI is InChI=1S/C19H17N3O3S/c1-12(14-7-8-16-17(9-14)25-11-24-16)20-18(23)22-19-21-15(10-26-19)13-5-3-2-4-6-13/h2-10,12H,11H2,1H3,(H2,20,21,22,23)/t12-/m0/s1. The Morgan fingerprint density at radius 1 is 1.15 bits per heavy atom. The number of amides is 2. The second-order valence-corrected chi connectivity index (χ2v) is 6.69. The minimum Gasteiger partial charge on any atom is -0.454 e. The number of nitrogens with one attached hydrogen (secondary N) is 2. The molecule has 1 aliphatic heterocycles. The third-order valence-electron chi connectivity index (χ3n) is 4.04. The van der Waals surface area contributed by atoms with Crippen LogP contribution in [0, 0.1) is 0 Å². The predicted octanol–water partition coefficient (Wildman–Crippen LogP) is 4.42. The minimum atomic E-state index is -0.302. The highest BCUT2D eigenvalue weighted by Crippen LogP contribution is 2.34. The molecule has 0 bridgehead atoms. The van der Waals surface area contributed by atoms with Crippen LogP contribution in [0.1, 0.15) is 18.5 Å². The lowest BCUT2D eigenvalue weighted by Crippen LogP contribution is -2.31. The van der Waals surface area contributed by atoms with Crippen molar-refractivity contribution < 1.29 is 14.3 Å². The molecule has 2 N–H and O–H groups in total. The molecule has 0 fully saturated rings. The number of carbonyl (C=O) groups is 1. The third-order valence-corrected chi connectivity index (χ3v) is 4.80. The number of benzene rings is 2. The van der Waals surface area contributed by atoms with E-state index in [1.165, 1.54) is 11.3 Å². The normalized spacial score (nSPS) is 13.3. The number of nitrogens with zero attached hydrogens (tertiary/aromatic N) is 1. The first kappa shape index (κ1) is 16.4. The van der Waals surface area contributed by atoms with Crippen molar-refractivity contribution in [1.29, 1.82) is 0 Å². The van der Waals surface area contributed by atoms with E-state index in [0.29, 0.717) is 10.9 Å². The van der Waals surface area contributed by atoms with Crippen molar-refractivity contribution in [2.24, 2.45) is 0 Å². The molecule has 1 aliphatic rings. The quantitative estimate of drug-likeness (QED) is 0.716. The lowest BCUT2D eigenvalue weighted by atomic mass is 10.1. The van der Waals surface area contributed by atoms with Gasteiger partial charge in [-0.05, 0) is 24.6 Å². The molecule has 1 atom stereocenters. The van der Waals surface area contributed by atoms with Crippen LogP contribution in [-0.2, 0) is 0 Å². The van der Waals surface area contributed by atoms with E-state index < -0.39 is 0 Å². The van der Waals surface area contributed by atoms with Crippen molar-refractivity contribution in [2.45, 2.75) is 13.0 Å². The average Bonchev–Trinajstić information content (AvgIpc) is 3.30. The first-order valence-electron chi connectivity index (χ1n) is 8.17. The molecule has 6 nitrogen and oxygen atoms in total. The summed E-state index contributed by atoms with van der Waals surface area (Å²) >= 11 is 1.39. The van der Waals surface area contributed by atoms with E-state index in [2.05, 4.69) is 15.6 Å². The Bertz CT molecular complexity index is 927. The summed E-state index contributed by atoms with van der Waals surface area (Å²) in [5, 5.41) is 8.17. The third kappa shape index (κ3) is 3.48. The largest absolute Gasteiger partial charge is 0.454 e. The van der Waals surface area contributed by atoms with Gasteiger partial charge in [-0.3, -0.25) is 5.32 Å². The van der Waals surface area contributed by atoms with E-state index in [0.717, 1.165) is 22.6 Å². The number of anilines is 1. The molecule has 4 rings (SSSR count). The molecule has 26 heavy (non-hydrogen) atoms. The number of aromatic nitrogens is 1. The lowest BCUT2D eigenvalue weighted by Gasteiger charge is -2.14. The number of hydrogen-bond donors (Lipinski definition) is 2. The zero-order valence-corrected chi connectivity index (χ0v) is 14.9. The highest BCUT2D eigenvalue weighted by molar-refractivity contribution is 7.14. The average molecular weight is 367 g/mol. The van der Waals surface area contributed by atoms with Crippen LogP contribution in [0.15, 0.2) is 53.9 Å². The molecular weight excluding hydrogens is 350 g/mol. The van der Waals surface area contributed by atoms with E-state index in [4.69, 9.17) is 9.47 Å². The van der Waals surface area contributed by atoms with Crippen LogP contribution >= 0.6 is 11.3 Å². The molecule has 2 amide bonds. The molecule has 3 aromatic rings. The van der Waals surface area contributed by atoms with Gasteiger partial charge in [0, 0.05) is 10.9 Å². The lowest BCUT2D eigenvalue weighted by molar-refractivity contribution is 0.174. The second kappa shape index (κ2) is 7.05. The smallest absolute Gasteiger partial charge is 0.321 e. The summed E-state index contributed by atoms with van der Waals surface area (Å²) in [6.07, 6.45) is 0. The van der Waals surface area contributed by atoms with Gasteiger partial charge in [-0.2, -0.15) is 0 Å². The molecular formula is C19H17N3O3S. The van der Waals surface area contributed by atoms with E-state index in [1.54, 1.807) is 0 Å². The number of thiazole rings is 1. The summed E-state index contributed by atoms with van der Waals surface area (Å²) in [4.78, 5) is 16.7. The Labute approximate surface area is 154 Å². The van der Waals surface area contributed by atoms with Crippen LogP contribution in [0.5, 0.6) is 11.5 Å². The topological polar surface area (TPSA) is 72.5 Å². The number of hydrogen-bond acceptors (Lipinski definition) is 5. The second-order valence-electron chi connectivity index (χ2n) is 5.84. The fourth-order valence-corrected chi connectivity index (χ4v) is 3.38. The van der Waals surface area contributed by atoms with Gasteiger partial charge >= 0.3 is 6.03 Å². The highest BCUT2D eigenvalue weighted by atomic mass is 32.1. The van der Waals surface area contributed by atoms with Crippen LogP contribution in [0.4, 0.5) is 9.93 Å². The first-order valence-corrected chi connectivity index (χ1v) is 9.05. The van der Waals surface area contributed by atoms with Gasteiger partial charge in [0.05, 0.1) is 11.7 Å². The summed E-state index contributed by atoms with van der Waals surface area (Å²) < 4.78 is 10.7. The Hall–Kier alpha value is -3.06. The van der Waals surface area contributed by atoms with E-state index in [-0.39, 0.29) is 18.9 Å². The van der Waals surface area contributed by atoms with Gasteiger partial charge < -0.3 is 14.8 Å². The maximum atomic E-state index is 12.3.